The molecule has 0 aliphatic rings. The summed E-state index contributed by atoms with van der Waals surface area (Å²) in [6.45, 7) is 0. The van der Waals surface area contributed by atoms with E-state index >= 15 is 0 Å². The molecule has 0 atom stereocenters. The Morgan fingerprint density at radius 3 is 2.73 bits per heavy atom. The fourth-order valence-electron chi connectivity index (χ4n) is 1.23. The van der Waals surface area contributed by atoms with Crippen molar-refractivity contribution in [1.29, 1.82) is 0 Å². The molecule has 15 heavy (non-hydrogen) atoms. The van der Waals surface area contributed by atoms with Crippen LogP contribution in [-0.4, -0.2) is 9.97 Å². The average molecular weight is 225 g/mol. The molecule has 0 radical (unpaired) electrons. The molecule has 76 valence electrons. The first-order valence-corrected chi connectivity index (χ1v) is 4.54. The second-order valence-corrected chi connectivity index (χ2v) is 3.40. The molecule has 3 nitrogen and oxygen atoms in total. The lowest BCUT2D eigenvalue weighted by Gasteiger charge is -2.01. The standard InChI is InChI=1S/C10H6ClFN2O/c11-7-1-6(2-8(12)3-7)9-4-13-5-10(15)14-9/h1-5H,(H,14,15). The lowest BCUT2D eigenvalue weighted by Crippen LogP contribution is -2.05. The van der Waals surface area contributed by atoms with E-state index in [2.05, 4.69) is 9.97 Å². The molecule has 0 amide bonds. The Balaban J connectivity index is 2.58. The quantitative estimate of drug-likeness (QED) is 0.808. The number of aromatic amines is 1. The summed E-state index contributed by atoms with van der Waals surface area (Å²) < 4.78 is 13.0. The van der Waals surface area contributed by atoms with E-state index in [-0.39, 0.29) is 10.6 Å². The van der Waals surface area contributed by atoms with Crippen LogP contribution >= 0.6 is 11.6 Å². The first-order chi connectivity index (χ1) is 7.15. The number of hydrogen-bond donors (Lipinski definition) is 1. The summed E-state index contributed by atoms with van der Waals surface area (Å²) in [6, 6.07) is 4.02. The van der Waals surface area contributed by atoms with E-state index in [4.69, 9.17) is 11.6 Å². The molecule has 0 saturated carbocycles. The number of nitrogens with zero attached hydrogens (tertiary/aromatic N) is 1. The van der Waals surface area contributed by atoms with Crippen molar-refractivity contribution in [2.75, 3.05) is 0 Å². The average Bonchev–Trinajstić information content (AvgIpc) is 2.16. The fraction of sp³-hybridized carbons (Fsp3) is 0. The molecule has 1 aromatic carbocycles. The molecule has 0 saturated heterocycles. The SMILES string of the molecule is O=c1cncc(-c2cc(F)cc(Cl)c2)[nH]1. The number of halogens is 2. The molecule has 1 heterocycles. The van der Waals surface area contributed by atoms with Crippen molar-refractivity contribution in [1.82, 2.24) is 9.97 Å². The van der Waals surface area contributed by atoms with Gasteiger partial charge in [-0.15, -0.1) is 0 Å². The predicted octanol–water partition coefficient (Wildman–Crippen LogP) is 2.23. The Morgan fingerprint density at radius 2 is 2.07 bits per heavy atom. The third-order valence-corrected chi connectivity index (χ3v) is 2.05. The summed E-state index contributed by atoms with van der Waals surface area (Å²) in [5.41, 5.74) is 0.585. The minimum atomic E-state index is -0.456. The molecule has 1 aromatic heterocycles. The van der Waals surface area contributed by atoms with Crippen molar-refractivity contribution in [3.8, 4) is 11.3 Å². The Labute approximate surface area is 89.6 Å². The van der Waals surface area contributed by atoms with Gasteiger partial charge in [0.05, 0.1) is 18.1 Å². The maximum absolute atomic E-state index is 13.0. The van der Waals surface area contributed by atoms with Crippen LogP contribution in [0, 0.1) is 5.82 Å². The van der Waals surface area contributed by atoms with Crippen molar-refractivity contribution in [2.45, 2.75) is 0 Å². The Hall–Kier alpha value is -1.68. The largest absolute Gasteiger partial charge is 0.319 e. The molecule has 0 spiro atoms. The summed E-state index contributed by atoms with van der Waals surface area (Å²) in [4.78, 5) is 17.2. The zero-order chi connectivity index (χ0) is 10.8. The van der Waals surface area contributed by atoms with Crippen molar-refractivity contribution < 1.29 is 4.39 Å². The number of H-pyrrole nitrogens is 1. The molecule has 0 unspecified atom stereocenters. The van der Waals surface area contributed by atoms with Crippen molar-refractivity contribution in [3.05, 3.63) is 51.8 Å². The van der Waals surface area contributed by atoms with Gasteiger partial charge in [-0.25, -0.2) is 4.39 Å². The van der Waals surface area contributed by atoms with Gasteiger partial charge in [-0.3, -0.25) is 9.78 Å². The summed E-state index contributed by atoms with van der Waals surface area (Å²) in [6.07, 6.45) is 2.58. The van der Waals surface area contributed by atoms with E-state index in [9.17, 15) is 9.18 Å². The topological polar surface area (TPSA) is 45.8 Å². The smallest absolute Gasteiger partial charge is 0.266 e. The van der Waals surface area contributed by atoms with Crippen LogP contribution in [0.1, 0.15) is 0 Å². The second kappa shape index (κ2) is 3.82. The van der Waals surface area contributed by atoms with Crippen LogP contribution in [0.3, 0.4) is 0 Å². The maximum Gasteiger partial charge on any atom is 0.266 e. The highest BCUT2D eigenvalue weighted by Crippen LogP contribution is 2.21. The predicted molar refractivity (Wildman–Crippen MR) is 55.3 cm³/mol. The highest BCUT2D eigenvalue weighted by atomic mass is 35.5. The van der Waals surface area contributed by atoms with Gasteiger partial charge in [-0.05, 0) is 18.2 Å². The van der Waals surface area contributed by atoms with E-state index < -0.39 is 5.82 Å². The molecule has 2 aromatic rings. The van der Waals surface area contributed by atoms with Crippen LogP contribution in [0.5, 0.6) is 0 Å². The molecule has 0 fully saturated rings. The van der Waals surface area contributed by atoms with Crippen molar-refractivity contribution in [2.24, 2.45) is 0 Å². The monoisotopic (exact) mass is 224 g/mol. The van der Waals surface area contributed by atoms with E-state index in [0.717, 1.165) is 6.20 Å². The van der Waals surface area contributed by atoms with E-state index in [1.807, 2.05) is 0 Å². The highest BCUT2D eigenvalue weighted by molar-refractivity contribution is 6.30. The first kappa shape index (κ1) is 9.86. The summed E-state index contributed by atoms with van der Waals surface area (Å²) in [7, 11) is 0. The van der Waals surface area contributed by atoms with Gasteiger partial charge in [0.15, 0.2) is 0 Å². The number of benzene rings is 1. The lowest BCUT2D eigenvalue weighted by atomic mass is 10.1. The molecule has 0 aliphatic heterocycles. The van der Waals surface area contributed by atoms with Crippen LogP contribution in [0.4, 0.5) is 4.39 Å². The van der Waals surface area contributed by atoms with Gasteiger partial charge >= 0.3 is 0 Å². The van der Waals surface area contributed by atoms with Crippen LogP contribution in [0.15, 0.2) is 35.4 Å². The molecule has 2 rings (SSSR count). The lowest BCUT2D eigenvalue weighted by molar-refractivity contribution is 0.628. The fourth-order valence-corrected chi connectivity index (χ4v) is 1.45. The Kier molecular flexibility index (Phi) is 2.51. The summed E-state index contributed by atoms with van der Waals surface area (Å²) in [5.74, 6) is -0.456. The molecule has 5 heteroatoms. The maximum atomic E-state index is 13.0. The van der Waals surface area contributed by atoms with Gasteiger partial charge in [0.25, 0.3) is 5.56 Å². The van der Waals surface area contributed by atoms with Crippen LogP contribution in [-0.2, 0) is 0 Å². The Bertz CT molecular complexity index is 533. The van der Waals surface area contributed by atoms with Crippen molar-refractivity contribution in [3.63, 3.8) is 0 Å². The van der Waals surface area contributed by atoms with Crippen LogP contribution in [0.2, 0.25) is 5.02 Å². The second-order valence-electron chi connectivity index (χ2n) is 2.97. The Morgan fingerprint density at radius 1 is 1.27 bits per heavy atom. The van der Waals surface area contributed by atoms with E-state index in [1.165, 1.54) is 18.3 Å². The van der Waals surface area contributed by atoms with Crippen LogP contribution < -0.4 is 5.56 Å². The minimum Gasteiger partial charge on any atom is -0.319 e. The molecular formula is C10H6ClFN2O. The summed E-state index contributed by atoms with van der Waals surface area (Å²) in [5, 5.41) is 0.273. The zero-order valence-electron chi connectivity index (χ0n) is 7.50. The van der Waals surface area contributed by atoms with Crippen molar-refractivity contribution >= 4 is 11.6 Å². The van der Waals surface area contributed by atoms with Crippen LogP contribution in [0.25, 0.3) is 11.3 Å². The van der Waals surface area contributed by atoms with E-state index in [1.54, 1.807) is 6.07 Å². The number of rotatable bonds is 1. The van der Waals surface area contributed by atoms with Gasteiger partial charge in [-0.1, -0.05) is 11.6 Å². The number of nitrogens with one attached hydrogen (secondary N) is 1. The molecule has 0 aliphatic carbocycles. The number of aromatic nitrogens is 2. The molecular weight excluding hydrogens is 219 g/mol. The third-order valence-electron chi connectivity index (χ3n) is 1.83. The van der Waals surface area contributed by atoms with Gasteiger partial charge in [-0.2, -0.15) is 0 Å². The summed E-state index contributed by atoms with van der Waals surface area (Å²) >= 11 is 5.69. The highest BCUT2D eigenvalue weighted by Gasteiger charge is 2.02. The molecule has 0 bridgehead atoms. The number of hydrogen-bond acceptors (Lipinski definition) is 2. The third kappa shape index (κ3) is 2.22. The minimum absolute atomic E-state index is 0.273. The van der Waals surface area contributed by atoms with E-state index in [0.29, 0.717) is 11.3 Å². The molecule has 1 N–H and O–H groups in total. The first-order valence-electron chi connectivity index (χ1n) is 4.16. The zero-order valence-corrected chi connectivity index (χ0v) is 8.25. The van der Waals surface area contributed by atoms with Gasteiger partial charge in [0, 0.05) is 10.6 Å². The van der Waals surface area contributed by atoms with Gasteiger partial charge < -0.3 is 4.98 Å². The van der Waals surface area contributed by atoms with Gasteiger partial charge in [0.2, 0.25) is 0 Å². The normalized spacial score (nSPS) is 10.3. The van der Waals surface area contributed by atoms with Gasteiger partial charge in [0.1, 0.15) is 5.82 Å².